The lowest BCUT2D eigenvalue weighted by molar-refractivity contribution is 0.0207. The van der Waals surface area contributed by atoms with E-state index in [1.165, 1.54) is 17.4 Å². The molecule has 1 aliphatic rings. The molecule has 0 amide bonds. The van der Waals surface area contributed by atoms with Crippen LogP contribution in [0.25, 0.3) is 10.9 Å². The summed E-state index contributed by atoms with van der Waals surface area (Å²) in [5.74, 6) is 0. The van der Waals surface area contributed by atoms with Crippen molar-refractivity contribution < 1.29 is 4.74 Å². The monoisotopic (exact) mass is 270 g/mol. The van der Waals surface area contributed by atoms with Gasteiger partial charge in [0.1, 0.15) is 0 Å². The highest BCUT2D eigenvalue weighted by Gasteiger charge is 2.28. The topological polar surface area (TPSA) is 34.1 Å². The zero-order valence-corrected chi connectivity index (χ0v) is 12.3. The maximum absolute atomic E-state index is 5.81. The van der Waals surface area contributed by atoms with Crippen molar-refractivity contribution in [3.8, 4) is 0 Å². The fraction of sp³-hybridized carbons (Fsp3) is 0.471. The predicted octanol–water partition coefficient (Wildman–Crippen LogP) is 3.20. The van der Waals surface area contributed by atoms with Crippen molar-refractivity contribution >= 4 is 10.9 Å². The van der Waals surface area contributed by atoms with Gasteiger partial charge in [0.05, 0.1) is 11.1 Å². The van der Waals surface area contributed by atoms with Crippen LogP contribution in [0.1, 0.15) is 31.0 Å². The van der Waals surface area contributed by atoms with Gasteiger partial charge in [-0.3, -0.25) is 4.98 Å². The molecule has 3 nitrogen and oxygen atoms in total. The van der Waals surface area contributed by atoms with Crippen LogP contribution in [-0.2, 0) is 11.3 Å². The minimum absolute atomic E-state index is 0.0118. The number of rotatable bonds is 4. The average molecular weight is 270 g/mol. The Hall–Kier alpha value is -1.45. The normalized spacial score (nSPS) is 22.5. The molecular weight excluding hydrogens is 248 g/mol. The second-order valence-electron chi connectivity index (χ2n) is 5.95. The zero-order chi connectivity index (χ0) is 14.0. The molecular formula is C17H22N2O. The van der Waals surface area contributed by atoms with E-state index in [-0.39, 0.29) is 5.60 Å². The van der Waals surface area contributed by atoms with Crippen LogP contribution in [0.3, 0.4) is 0 Å². The number of hydrogen-bond acceptors (Lipinski definition) is 3. The number of nitrogens with zero attached hydrogens (tertiary/aromatic N) is 1. The van der Waals surface area contributed by atoms with Crippen LogP contribution in [0.2, 0.25) is 0 Å². The number of para-hydroxylation sites is 1. The highest BCUT2D eigenvalue weighted by Crippen LogP contribution is 2.24. The average Bonchev–Trinajstić information content (AvgIpc) is 2.85. The first-order valence-corrected chi connectivity index (χ1v) is 7.36. The molecule has 0 bridgehead atoms. The number of nitrogens with one attached hydrogen (secondary N) is 1. The molecule has 1 N–H and O–H groups in total. The Labute approximate surface area is 120 Å². The highest BCUT2D eigenvalue weighted by molar-refractivity contribution is 5.82. The van der Waals surface area contributed by atoms with Gasteiger partial charge in [0, 0.05) is 30.8 Å². The Morgan fingerprint density at radius 3 is 3.00 bits per heavy atom. The number of benzene rings is 1. The number of aryl methyl sites for hydroxylation is 1. The Bertz CT molecular complexity index is 603. The maximum atomic E-state index is 5.81. The molecule has 0 saturated carbocycles. The molecule has 106 valence electrons. The molecule has 3 rings (SSSR count). The van der Waals surface area contributed by atoms with Crippen LogP contribution < -0.4 is 5.32 Å². The summed E-state index contributed by atoms with van der Waals surface area (Å²) in [4.78, 5) is 4.58. The molecule has 2 heterocycles. The molecule has 20 heavy (non-hydrogen) atoms. The fourth-order valence-corrected chi connectivity index (χ4v) is 2.98. The predicted molar refractivity (Wildman–Crippen MR) is 81.8 cm³/mol. The van der Waals surface area contributed by atoms with Crippen LogP contribution in [-0.4, -0.2) is 23.7 Å². The van der Waals surface area contributed by atoms with Gasteiger partial charge in [-0.05, 0) is 44.4 Å². The van der Waals surface area contributed by atoms with E-state index in [0.717, 1.165) is 37.3 Å². The van der Waals surface area contributed by atoms with Gasteiger partial charge in [-0.1, -0.05) is 18.2 Å². The summed E-state index contributed by atoms with van der Waals surface area (Å²) in [6.07, 6.45) is 2.32. The fourth-order valence-electron chi connectivity index (χ4n) is 2.98. The van der Waals surface area contributed by atoms with Crippen molar-refractivity contribution in [2.24, 2.45) is 0 Å². The highest BCUT2D eigenvalue weighted by atomic mass is 16.5. The first-order chi connectivity index (χ1) is 9.66. The van der Waals surface area contributed by atoms with E-state index in [9.17, 15) is 0 Å². The molecule has 1 aromatic heterocycles. The van der Waals surface area contributed by atoms with Crippen molar-refractivity contribution in [2.45, 2.75) is 38.8 Å². The summed E-state index contributed by atoms with van der Waals surface area (Å²) in [7, 11) is 0. The van der Waals surface area contributed by atoms with Crippen molar-refractivity contribution in [3.63, 3.8) is 0 Å². The minimum atomic E-state index is 0.0118. The molecule has 0 spiro atoms. The lowest BCUT2D eigenvalue weighted by Gasteiger charge is -2.23. The molecule has 1 aliphatic heterocycles. The Kier molecular flexibility index (Phi) is 3.72. The minimum Gasteiger partial charge on any atom is -0.374 e. The second-order valence-corrected chi connectivity index (χ2v) is 5.95. The first kappa shape index (κ1) is 13.5. The summed E-state index contributed by atoms with van der Waals surface area (Å²) in [6, 6.07) is 10.5. The van der Waals surface area contributed by atoms with E-state index in [1.807, 2.05) is 6.07 Å². The van der Waals surface area contributed by atoms with Gasteiger partial charge in [-0.15, -0.1) is 0 Å². The number of fused-ring (bicyclic) bond motifs is 1. The number of aromatic nitrogens is 1. The largest absolute Gasteiger partial charge is 0.374 e. The van der Waals surface area contributed by atoms with E-state index in [0.29, 0.717) is 0 Å². The molecule has 1 unspecified atom stereocenters. The van der Waals surface area contributed by atoms with Gasteiger partial charge in [0.25, 0.3) is 0 Å². The van der Waals surface area contributed by atoms with E-state index < -0.39 is 0 Å². The summed E-state index contributed by atoms with van der Waals surface area (Å²) in [5.41, 5.74) is 3.48. The molecule has 0 aliphatic carbocycles. The van der Waals surface area contributed by atoms with Crippen LogP contribution in [0.5, 0.6) is 0 Å². The van der Waals surface area contributed by atoms with Gasteiger partial charge in [-0.2, -0.15) is 0 Å². The van der Waals surface area contributed by atoms with Crippen LogP contribution >= 0.6 is 0 Å². The second kappa shape index (κ2) is 5.51. The third-order valence-electron chi connectivity index (χ3n) is 4.04. The van der Waals surface area contributed by atoms with Crippen molar-refractivity contribution in [2.75, 3.05) is 13.2 Å². The van der Waals surface area contributed by atoms with E-state index >= 15 is 0 Å². The van der Waals surface area contributed by atoms with Gasteiger partial charge < -0.3 is 10.1 Å². The molecule has 3 heteroatoms. The summed E-state index contributed by atoms with van der Waals surface area (Å²) >= 11 is 0. The summed E-state index contributed by atoms with van der Waals surface area (Å²) in [6.45, 7) is 6.92. The van der Waals surface area contributed by atoms with Gasteiger partial charge >= 0.3 is 0 Å². The Morgan fingerprint density at radius 1 is 1.35 bits per heavy atom. The molecule has 1 fully saturated rings. The molecule has 2 aromatic rings. The van der Waals surface area contributed by atoms with Crippen molar-refractivity contribution in [1.82, 2.24) is 10.3 Å². The Morgan fingerprint density at radius 2 is 2.20 bits per heavy atom. The number of ether oxygens (including phenoxy) is 1. The van der Waals surface area contributed by atoms with Crippen LogP contribution in [0.15, 0.2) is 30.3 Å². The summed E-state index contributed by atoms with van der Waals surface area (Å²) in [5, 5.41) is 4.79. The zero-order valence-electron chi connectivity index (χ0n) is 12.3. The van der Waals surface area contributed by atoms with E-state index in [1.54, 1.807) is 0 Å². The van der Waals surface area contributed by atoms with Crippen LogP contribution in [0.4, 0.5) is 0 Å². The number of hydrogen-bond donors (Lipinski definition) is 1. The lowest BCUT2D eigenvalue weighted by atomic mass is 10.0. The SMILES string of the molecule is Cc1cc(CNCC2(C)CCCO2)c2ccccc2n1. The van der Waals surface area contributed by atoms with Gasteiger partial charge in [0.15, 0.2) is 0 Å². The third kappa shape index (κ3) is 2.84. The standard InChI is InChI=1S/C17H22N2O/c1-13-10-14(15-6-3-4-7-16(15)19-13)11-18-12-17(2)8-5-9-20-17/h3-4,6-7,10,18H,5,8-9,11-12H2,1-2H3. The summed E-state index contributed by atoms with van der Waals surface area (Å²) < 4.78 is 5.81. The Balaban J connectivity index is 1.74. The molecule has 1 aromatic carbocycles. The molecule has 0 radical (unpaired) electrons. The molecule has 1 saturated heterocycles. The van der Waals surface area contributed by atoms with Crippen molar-refractivity contribution in [3.05, 3.63) is 41.6 Å². The van der Waals surface area contributed by atoms with Crippen molar-refractivity contribution in [1.29, 1.82) is 0 Å². The van der Waals surface area contributed by atoms with E-state index in [4.69, 9.17) is 4.74 Å². The van der Waals surface area contributed by atoms with Gasteiger partial charge in [0.2, 0.25) is 0 Å². The quantitative estimate of drug-likeness (QED) is 0.926. The van der Waals surface area contributed by atoms with E-state index in [2.05, 4.69) is 48.4 Å². The first-order valence-electron chi connectivity index (χ1n) is 7.36. The van der Waals surface area contributed by atoms with Crippen LogP contribution in [0, 0.1) is 6.92 Å². The smallest absolute Gasteiger partial charge is 0.0779 e. The third-order valence-corrected chi connectivity index (χ3v) is 4.04. The lowest BCUT2D eigenvalue weighted by Crippen LogP contribution is -2.36. The van der Waals surface area contributed by atoms with Gasteiger partial charge in [-0.25, -0.2) is 0 Å². The maximum Gasteiger partial charge on any atom is 0.0779 e. The molecule has 1 atom stereocenters. The number of pyridine rings is 1.